The van der Waals surface area contributed by atoms with Gasteiger partial charge in [0.25, 0.3) is 11.8 Å². The van der Waals surface area contributed by atoms with Crippen LogP contribution in [0.1, 0.15) is 26.3 Å². The van der Waals surface area contributed by atoms with Gasteiger partial charge in [0.05, 0.1) is 11.1 Å². The van der Waals surface area contributed by atoms with Gasteiger partial charge in [-0.1, -0.05) is 12.1 Å². The van der Waals surface area contributed by atoms with E-state index >= 15 is 0 Å². The lowest BCUT2D eigenvalue weighted by atomic mass is 10.1. The third-order valence-corrected chi connectivity index (χ3v) is 3.28. The lowest BCUT2D eigenvalue weighted by Gasteiger charge is -2.12. The van der Waals surface area contributed by atoms with E-state index in [1.165, 1.54) is 36.4 Å². The zero-order valence-electron chi connectivity index (χ0n) is 13.1. The van der Waals surface area contributed by atoms with E-state index in [1.807, 2.05) is 0 Å². The summed E-state index contributed by atoms with van der Waals surface area (Å²) < 4.78 is 38.9. The van der Waals surface area contributed by atoms with Gasteiger partial charge in [-0.15, -0.1) is 0 Å². The fraction of sp³-hybridized carbons (Fsp3) is 0.118. The third-order valence-electron chi connectivity index (χ3n) is 3.28. The Morgan fingerprint density at radius 1 is 0.923 bits per heavy atom. The summed E-state index contributed by atoms with van der Waals surface area (Å²) in [6.07, 6.45) is -4.67. The Kier molecular flexibility index (Phi) is 5.61. The number of carbonyl (C=O) groups excluding carboxylic acids is 2. The molecule has 0 aliphatic rings. The molecule has 2 aromatic rings. The number of aliphatic carboxylic acids is 1. The van der Waals surface area contributed by atoms with Crippen LogP contribution in [0.25, 0.3) is 0 Å². The number of rotatable bonds is 5. The molecule has 0 atom stereocenters. The van der Waals surface area contributed by atoms with Gasteiger partial charge in [-0.3, -0.25) is 14.4 Å². The van der Waals surface area contributed by atoms with Crippen molar-refractivity contribution in [2.24, 2.45) is 0 Å². The number of anilines is 1. The fourth-order valence-electron chi connectivity index (χ4n) is 2.09. The Morgan fingerprint density at radius 2 is 1.54 bits per heavy atom. The van der Waals surface area contributed by atoms with Crippen LogP contribution in [0.4, 0.5) is 18.9 Å². The molecule has 3 N–H and O–H groups in total. The van der Waals surface area contributed by atoms with Crippen molar-refractivity contribution in [3.8, 4) is 0 Å². The second-order valence-corrected chi connectivity index (χ2v) is 5.15. The Morgan fingerprint density at radius 3 is 2.12 bits per heavy atom. The van der Waals surface area contributed by atoms with Gasteiger partial charge in [-0.2, -0.15) is 13.2 Å². The first-order valence-corrected chi connectivity index (χ1v) is 7.26. The monoisotopic (exact) mass is 366 g/mol. The lowest BCUT2D eigenvalue weighted by Crippen LogP contribution is -2.29. The Hall–Kier alpha value is -3.36. The topological polar surface area (TPSA) is 95.5 Å². The van der Waals surface area contributed by atoms with Crippen LogP contribution >= 0.6 is 0 Å². The minimum absolute atomic E-state index is 0.139. The quantitative estimate of drug-likeness (QED) is 0.758. The lowest BCUT2D eigenvalue weighted by molar-refractivity contribution is -0.138. The first-order valence-electron chi connectivity index (χ1n) is 7.26. The van der Waals surface area contributed by atoms with E-state index in [0.717, 1.165) is 12.1 Å². The van der Waals surface area contributed by atoms with E-state index < -0.39 is 41.6 Å². The average Bonchev–Trinajstić information content (AvgIpc) is 2.59. The van der Waals surface area contributed by atoms with Crippen LogP contribution in [-0.2, 0) is 11.0 Å². The second-order valence-electron chi connectivity index (χ2n) is 5.15. The Labute approximate surface area is 145 Å². The number of alkyl halides is 3. The van der Waals surface area contributed by atoms with Crippen molar-refractivity contribution < 1.29 is 32.7 Å². The second kappa shape index (κ2) is 7.68. The summed E-state index contributed by atoms with van der Waals surface area (Å²) in [7, 11) is 0. The standard InChI is InChI=1S/C17H13F3N2O4/c18-17(19,20)13-4-2-1-3-12(13)16(26)22-11-7-5-10(6-8-11)15(25)21-9-14(23)24/h1-8H,9H2,(H,21,25)(H,22,26)(H,23,24). The maximum absolute atomic E-state index is 13.0. The first kappa shape index (κ1) is 19.0. The van der Waals surface area contributed by atoms with Crippen LogP contribution in [0.5, 0.6) is 0 Å². The highest BCUT2D eigenvalue weighted by Gasteiger charge is 2.34. The van der Waals surface area contributed by atoms with Crippen molar-refractivity contribution in [2.45, 2.75) is 6.18 Å². The molecule has 136 valence electrons. The summed E-state index contributed by atoms with van der Waals surface area (Å²) in [4.78, 5) is 34.2. The highest BCUT2D eigenvalue weighted by molar-refractivity contribution is 6.05. The van der Waals surface area contributed by atoms with E-state index in [-0.39, 0.29) is 11.3 Å². The zero-order chi connectivity index (χ0) is 19.3. The highest BCUT2D eigenvalue weighted by atomic mass is 19.4. The molecule has 0 saturated carbocycles. The van der Waals surface area contributed by atoms with Crippen molar-refractivity contribution in [2.75, 3.05) is 11.9 Å². The Bertz CT molecular complexity index is 833. The van der Waals surface area contributed by atoms with Crippen molar-refractivity contribution in [3.63, 3.8) is 0 Å². The largest absolute Gasteiger partial charge is 0.480 e. The minimum atomic E-state index is -4.67. The van der Waals surface area contributed by atoms with E-state index in [9.17, 15) is 27.6 Å². The minimum Gasteiger partial charge on any atom is -0.480 e. The number of amides is 2. The molecule has 0 aromatic heterocycles. The summed E-state index contributed by atoms with van der Waals surface area (Å²) in [6, 6.07) is 9.64. The van der Waals surface area contributed by atoms with E-state index in [0.29, 0.717) is 0 Å². The van der Waals surface area contributed by atoms with Gasteiger partial charge in [-0.25, -0.2) is 0 Å². The summed E-state index contributed by atoms with van der Waals surface area (Å²) in [5, 5.41) is 13.0. The number of halogens is 3. The van der Waals surface area contributed by atoms with Crippen molar-refractivity contribution in [1.82, 2.24) is 5.32 Å². The average molecular weight is 366 g/mol. The third kappa shape index (κ3) is 4.82. The predicted molar refractivity (Wildman–Crippen MR) is 85.8 cm³/mol. The smallest absolute Gasteiger partial charge is 0.417 e. The van der Waals surface area contributed by atoms with Crippen LogP contribution in [-0.4, -0.2) is 29.4 Å². The molecular weight excluding hydrogens is 353 g/mol. The van der Waals surface area contributed by atoms with E-state index in [1.54, 1.807) is 0 Å². The number of hydrogen-bond donors (Lipinski definition) is 3. The predicted octanol–water partition coefficient (Wildman–Crippen LogP) is 2.77. The molecule has 26 heavy (non-hydrogen) atoms. The van der Waals surface area contributed by atoms with Gasteiger partial charge in [0.2, 0.25) is 0 Å². The maximum atomic E-state index is 13.0. The molecule has 0 fully saturated rings. The zero-order valence-corrected chi connectivity index (χ0v) is 13.1. The summed E-state index contributed by atoms with van der Waals surface area (Å²) >= 11 is 0. The summed E-state index contributed by atoms with van der Waals surface area (Å²) in [5.74, 6) is -2.78. The molecule has 2 aromatic carbocycles. The molecule has 0 aliphatic carbocycles. The molecule has 2 rings (SSSR count). The SMILES string of the molecule is O=C(O)CNC(=O)c1ccc(NC(=O)c2ccccc2C(F)(F)F)cc1. The van der Waals surface area contributed by atoms with Gasteiger partial charge >= 0.3 is 12.1 Å². The molecule has 0 heterocycles. The normalized spacial score (nSPS) is 10.9. The molecule has 2 amide bonds. The van der Waals surface area contributed by atoms with Crippen LogP contribution < -0.4 is 10.6 Å². The van der Waals surface area contributed by atoms with E-state index in [4.69, 9.17) is 5.11 Å². The van der Waals surface area contributed by atoms with E-state index in [2.05, 4.69) is 10.6 Å². The molecule has 6 nitrogen and oxygen atoms in total. The number of carbonyl (C=O) groups is 3. The fourth-order valence-corrected chi connectivity index (χ4v) is 2.09. The molecule has 0 unspecified atom stereocenters. The van der Waals surface area contributed by atoms with Gasteiger partial charge in [0.1, 0.15) is 6.54 Å². The highest BCUT2D eigenvalue weighted by Crippen LogP contribution is 2.32. The molecule has 0 aliphatic heterocycles. The van der Waals surface area contributed by atoms with Crippen LogP contribution in [0.15, 0.2) is 48.5 Å². The van der Waals surface area contributed by atoms with Gasteiger partial charge < -0.3 is 15.7 Å². The number of hydrogen-bond acceptors (Lipinski definition) is 3. The molecule has 0 bridgehead atoms. The van der Waals surface area contributed by atoms with Crippen LogP contribution in [0.3, 0.4) is 0 Å². The molecule has 0 spiro atoms. The number of carboxylic acids is 1. The van der Waals surface area contributed by atoms with Gasteiger partial charge in [-0.05, 0) is 36.4 Å². The number of carboxylic acid groups (broad SMARTS) is 1. The number of nitrogens with one attached hydrogen (secondary N) is 2. The van der Waals surface area contributed by atoms with Crippen molar-refractivity contribution in [1.29, 1.82) is 0 Å². The maximum Gasteiger partial charge on any atom is 0.417 e. The molecular formula is C17H13F3N2O4. The first-order chi connectivity index (χ1) is 12.2. The van der Waals surface area contributed by atoms with Crippen molar-refractivity contribution >= 4 is 23.5 Å². The number of benzene rings is 2. The summed E-state index contributed by atoms with van der Waals surface area (Å²) in [6.45, 7) is -0.550. The molecule has 9 heteroatoms. The molecule has 0 radical (unpaired) electrons. The summed E-state index contributed by atoms with van der Waals surface area (Å²) in [5.41, 5.74) is -1.26. The van der Waals surface area contributed by atoms with Gasteiger partial charge in [0, 0.05) is 11.3 Å². The van der Waals surface area contributed by atoms with Gasteiger partial charge in [0.15, 0.2) is 0 Å². The van der Waals surface area contributed by atoms with Crippen LogP contribution in [0.2, 0.25) is 0 Å². The van der Waals surface area contributed by atoms with Crippen molar-refractivity contribution in [3.05, 3.63) is 65.2 Å². The molecule has 0 saturated heterocycles. The van der Waals surface area contributed by atoms with Crippen LogP contribution in [0, 0.1) is 0 Å². The Balaban J connectivity index is 2.11.